The lowest BCUT2D eigenvalue weighted by Crippen LogP contribution is -2.34. The van der Waals surface area contributed by atoms with Gasteiger partial charge in [0, 0.05) is 10.5 Å². The first-order valence-electron chi connectivity index (χ1n) is 6.51. The van der Waals surface area contributed by atoms with Crippen molar-refractivity contribution in [3.63, 3.8) is 0 Å². The molecule has 0 bridgehead atoms. The van der Waals surface area contributed by atoms with E-state index >= 15 is 0 Å². The van der Waals surface area contributed by atoms with Crippen LogP contribution in [0.5, 0.6) is 0 Å². The summed E-state index contributed by atoms with van der Waals surface area (Å²) in [6.45, 7) is 1.61. The minimum atomic E-state index is -0.469. The Morgan fingerprint density at radius 3 is 2.57 bits per heavy atom. The number of thiocarbonyl (C=S) groups is 1. The number of rotatable bonds is 3. The van der Waals surface area contributed by atoms with E-state index < -0.39 is 4.92 Å². The van der Waals surface area contributed by atoms with Crippen molar-refractivity contribution in [2.24, 2.45) is 0 Å². The molecule has 0 aromatic heterocycles. The maximum Gasteiger partial charge on any atom is 0.274 e. The topological polar surface area (TPSA) is 84.3 Å². The normalized spacial score (nSPS) is 10.0. The lowest BCUT2D eigenvalue weighted by molar-refractivity contribution is -0.385. The van der Waals surface area contributed by atoms with Crippen molar-refractivity contribution in [1.82, 2.24) is 5.32 Å². The van der Waals surface area contributed by atoms with Crippen molar-refractivity contribution >= 4 is 50.5 Å². The van der Waals surface area contributed by atoms with Crippen LogP contribution in [0.4, 0.5) is 11.4 Å². The second-order valence-electron chi connectivity index (χ2n) is 4.59. The largest absolute Gasteiger partial charge is 0.332 e. The van der Waals surface area contributed by atoms with Crippen molar-refractivity contribution in [3.8, 4) is 0 Å². The number of nitro benzene ring substituents is 1. The fraction of sp³-hybridized carbons (Fsp3) is 0.0667. The van der Waals surface area contributed by atoms with E-state index in [4.69, 9.17) is 12.2 Å². The summed E-state index contributed by atoms with van der Waals surface area (Å²) < 4.78 is 0.645. The lowest BCUT2D eigenvalue weighted by atomic mass is 10.1. The number of amides is 1. The van der Waals surface area contributed by atoms with Gasteiger partial charge in [0.1, 0.15) is 0 Å². The highest BCUT2D eigenvalue weighted by Crippen LogP contribution is 2.25. The average Bonchev–Trinajstić information content (AvgIpc) is 2.49. The van der Waals surface area contributed by atoms with E-state index in [0.717, 1.165) is 0 Å². The molecule has 2 N–H and O–H groups in total. The van der Waals surface area contributed by atoms with Crippen molar-refractivity contribution in [2.45, 2.75) is 6.92 Å². The molecule has 118 valence electrons. The number of carbonyl (C=O) groups is 1. The first kappa shape index (κ1) is 17.0. The summed E-state index contributed by atoms with van der Waals surface area (Å²) in [6, 6.07) is 11.5. The van der Waals surface area contributed by atoms with Gasteiger partial charge in [-0.15, -0.1) is 0 Å². The van der Waals surface area contributed by atoms with Crippen molar-refractivity contribution in [1.29, 1.82) is 0 Å². The zero-order valence-corrected chi connectivity index (χ0v) is 14.4. The molecule has 0 saturated heterocycles. The van der Waals surface area contributed by atoms with E-state index in [1.165, 1.54) is 6.07 Å². The summed E-state index contributed by atoms with van der Waals surface area (Å²) >= 11 is 8.39. The molecule has 2 aromatic carbocycles. The standard InChI is InChI=1S/C15H12BrN3O3S/c1-9-12(7-4-8-13(9)19(21)22)17-15(23)18-14(20)10-5-2-3-6-11(10)16/h2-8H,1H3,(H2,17,18,20,23). The minimum Gasteiger partial charge on any atom is -0.332 e. The zero-order valence-electron chi connectivity index (χ0n) is 12.0. The molecule has 2 aromatic rings. The molecule has 1 amide bonds. The van der Waals surface area contributed by atoms with E-state index in [0.29, 0.717) is 21.3 Å². The monoisotopic (exact) mass is 393 g/mol. The van der Waals surface area contributed by atoms with Gasteiger partial charge in [0.05, 0.1) is 21.7 Å². The number of nitro groups is 1. The second-order valence-corrected chi connectivity index (χ2v) is 5.86. The van der Waals surface area contributed by atoms with Gasteiger partial charge in [0.2, 0.25) is 0 Å². The van der Waals surface area contributed by atoms with E-state index in [1.54, 1.807) is 43.3 Å². The van der Waals surface area contributed by atoms with E-state index in [2.05, 4.69) is 26.6 Å². The Morgan fingerprint density at radius 1 is 1.22 bits per heavy atom. The number of hydrogen-bond acceptors (Lipinski definition) is 4. The third-order valence-electron chi connectivity index (χ3n) is 3.10. The molecular formula is C15H12BrN3O3S. The lowest BCUT2D eigenvalue weighted by Gasteiger charge is -2.12. The van der Waals surface area contributed by atoms with Crippen LogP contribution in [0.3, 0.4) is 0 Å². The molecule has 0 radical (unpaired) electrons. The minimum absolute atomic E-state index is 0.0186. The van der Waals surface area contributed by atoms with Crippen molar-refractivity contribution in [2.75, 3.05) is 5.32 Å². The Balaban J connectivity index is 2.12. The Kier molecular flexibility index (Phi) is 5.41. The summed E-state index contributed by atoms with van der Waals surface area (Å²) in [4.78, 5) is 22.6. The fourth-order valence-electron chi connectivity index (χ4n) is 1.93. The first-order valence-corrected chi connectivity index (χ1v) is 7.71. The maximum atomic E-state index is 12.1. The van der Waals surface area contributed by atoms with Crippen LogP contribution in [0.1, 0.15) is 15.9 Å². The smallest absolute Gasteiger partial charge is 0.274 e. The molecule has 0 saturated carbocycles. The van der Waals surface area contributed by atoms with Gasteiger partial charge < -0.3 is 5.32 Å². The molecule has 6 nitrogen and oxygen atoms in total. The molecular weight excluding hydrogens is 382 g/mol. The Morgan fingerprint density at radius 2 is 1.91 bits per heavy atom. The van der Waals surface area contributed by atoms with Crippen LogP contribution >= 0.6 is 28.1 Å². The molecule has 0 spiro atoms. The summed E-state index contributed by atoms with van der Waals surface area (Å²) in [6.07, 6.45) is 0. The number of benzene rings is 2. The van der Waals surface area contributed by atoms with Gasteiger partial charge in [-0.3, -0.25) is 20.2 Å². The zero-order chi connectivity index (χ0) is 17.0. The summed E-state index contributed by atoms with van der Waals surface area (Å²) in [5, 5.41) is 16.3. The van der Waals surface area contributed by atoms with Gasteiger partial charge in [0.25, 0.3) is 11.6 Å². The van der Waals surface area contributed by atoms with Crippen LogP contribution in [-0.4, -0.2) is 15.9 Å². The third kappa shape index (κ3) is 4.11. The van der Waals surface area contributed by atoms with Gasteiger partial charge >= 0.3 is 0 Å². The number of halogens is 1. The van der Waals surface area contributed by atoms with Crippen molar-refractivity contribution < 1.29 is 9.72 Å². The molecule has 23 heavy (non-hydrogen) atoms. The van der Waals surface area contributed by atoms with E-state index in [-0.39, 0.29) is 16.7 Å². The van der Waals surface area contributed by atoms with Gasteiger partial charge in [-0.25, -0.2) is 0 Å². The molecule has 0 heterocycles. The van der Waals surface area contributed by atoms with Crippen LogP contribution in [0.25, 0.3) is 0 Å². The molecule has 2 rings (SSSR count). The molecule has 0 aliphatic carbocycles. The van der Waals surface area contributed by atoms with E-state index in [9.17, 15) is 14.9 Å². The SMILES string of the molecule is Cc1c(NC(=S)NC(=O)c2ccccc2Br)cccc1[N+](=O)[O-]. The molecule has 8 heteroatoms. The van der Waals surface area contributed by atoms with Gasteiger partial charge in [-0.05, 0) is 53.3 Å². The van der Waals surface area contributed by atoms with Crippen LogP contribution in [0, 0.1) is 17.0 Å². The van der Waals surface area contributed by atoms with Crippen LogP contribution in [0.15, 0.2) is 46.9 Å². The van der Waals surface area contributed by atoms with Gasteiger partial charge in [-0.1, -0.05) is 18.2 Å². The summed E-state index contributed by atoms with van der Waals surface area (Å²) in [5.74, 6) is -0.377. The number of nitrogens with one attached hydrogen (secondary N) is 2. The highest BCUT2D eigenvalue weighted by molar-refractivity contribution is 9.10. The number of hydrogen-bond donors (Lipinski definition) is 2. The van der Waals surface area contributed by atoms with Crippen molar-refractivity contribution in [3.05, 3.63) is 68.2 Å². The third-order valence-corrected chi connectivity index (χ3v) is 3.99. The fourth-order valence-corrected chi connectivity index (χ4v) is 2.59. The highest BCUT2D eigenvalue weighted by atomic mass is 79.9. The van der Waals surface area contributed by atoms with Crippen LogP contribution < -0.4 is 10.6 Å². The average molecular weight is 394 g/mol. The Hall–Kier alpha value is -2.32. The predicted molar refractivity (Wildman–Crippen MR) is 95.7 cm³/mol. The highest BCUT2D eigenvalue weighted by Gasteiger charge is 2.15. The van der Waals surface area contributed by atoms with Crippen LogP contribution in [0.2, 0.25) is 0 Å². The van der Waals surface area contributed by atoms with Gasteiger partial charge in [0.15, 0.2) is 5.11 Å². The van der Waals surface area contributed by atoms with Crippen LogP contribution in [-0.2, 0) is 0 Å². The van der Waals surface area contributed by atoms with E-state index in [1.807, 2.05) is 0 Å². The first-order chi connectivity index (χ1) is 10.9. The Labute approximate surface area is 146 Å². The molecule has 0 aliphatic rings. The number of nitrogens with zero attached hydrogens (tertiary/aromatic N) is 1. The number of anilines is 1. The molecule has 0 fully saturated rings. The Bertz CT molecular complexity index is 795. The quantitative estimate of drug-likeness (QED) is 0.470. The molecule has 0 atom stereocenters. The number of carbonyl (C=O) groups excluding carboxylic acids is 1. The summed E-state index contributed by atoms with van der Waals surface area (Å²) in [7, 11) is 0. The second kappa shape index (κ2) is 7.30. The maximum absolute atomic E-state index is 12.1. The predicted octanol–water partition coefficient (Wildman–Crippen LogP) is 3.79. The summed E-state index contributed by atoms with van der Waals surface area (Å²) in [5.41, 5.74) is 1.33. The molecule has 0 unspecified atom stereocenters. The molecule has 0 aliphatic heterocycles. The van der Waals surface area contributed by atoms with Gasteiger partial charge in [-0.2, -0.15) is 0 Å².